The van der Waals surface area contributed by atoms with E-state index in [2.05, 4.69) is 77.1 Å². The molecule has 2 saturated carbocycles. The number of rotatable bonds is 16. The molecular formula is C38H54O4. The van der Waals surface area contributed by atoms with E-state index in [-0.39, 0.29) is 34.2 Å². The molecule has 4 rings (SSSR count). The molecule has 0 saturated heterocycles. The van der Waals surface area contributed by atoms with E-state index in [4.69, 9.17) is 9.47 Å². The van der Waals surface area contributed by atoms with Crippen molar-refractivity contribution in [3.63, 3.8) is 0 Å². The third kappa shape index (κ3) is 7.29. The average Bonchev–Trinajstić information content (AvgIpc) is 3.75. The molecule has 2 aliphatic rings. The minimum atomic E-state index is -0.509. The van der Waals surface area contributed by atoms with Gasteiger partial charge in [-0.2, -0.15) is 0 Å². The van der Waals surface area contributed by atoms with Crippen LogP contribution in [0.1, 0.15) is 135 Å². The Morgan fingerprint density at radius 1 is 0.976 bits per heavy atom. The smallest absolute Gasteiger partial charge is 0.137 e. The SMILES string of the molecule is CCOc1cc([C@@H](C)C(CCCC(C)(C)c2ccccc2)C(=O)CC2(C(C)=O)CC(C)(C)C2)cc(OCC)c1C1CC1. The van der Waals surface area contributed by atoms with Gasteiger partial charge in [0.05, 0.1) is 13.2 Å². The highest BCUT2D eigenvalue weighted by Crippen LogP contribution is 2.57. The normalized spacial score (nSPS) is 19.0. The van der Waals surface area contributed by atoms with Gasteiger partial charge in [0, 0.05) is 23.3 Å². The first-order valence-corrected chi connectivity index (χ1v) is 16.3. The monoisotopic (exact) mass is 574 g/mol. The molecule has 0 heterocycles. The lowest BCUT2D eigenvalue weighted by Crippen LogP contribution is -2.49. The third-order valence-corrected chi connectivity index (χ3v) is 10.0. The zero-order chi connectivity index (χ0) is 30.7. The van der Waals surface area contributed by atoms with Crippen molar-refractivity contribution in [1.82, 2.24) is 0 Å². The number of ether oxygens (including phenoxy) is 2. The molecule has 0 spiro atoms. The quantitative estimate of drug-likeness (QED) is 0.200. The zero-order valence-electron chi connectivity index (χ0n) is 27.5. The van der Waals surface area contributed by atoms with E-state index in [1.54, 1.807) is 6.92 Å². The molecule has 2 aromatic rings. The van der Waals surface area contributed by atoms with E-state index in [1.165, 1.54) is 11.1 Å². The molecule has 1 unspecified atom stereocenters. The van der Waals surface area contributed by atoms with Crippen molar-refractivity contribution in [3.8, 4) is 11.5 Å². The van der Waals surface area contributed by atoms with Gasteiger partial charge in [-0.15, -0.1) is 0 Å². The summed E-state index contributed by atoms with van der Waals surface area (Å²) >= 11 is 0. The molecule has 0 aromatic heterocycles. The van der Waals surface area contributed by atoms with Crippen molar-refractivity contribution in [1.29, 1.82) is 0 Å². The lowest BCUT2D eigenvalue weighted by Gasteiger charge is -2.52. The maximum Gasteiger partial charge on any atom is 0.137 e. The fourth-order valence-electron chi connectivity index (χ4n) is 7.67. The first-order chi connectivity index (χ1) is 19.8. The topological polar surface area (TPSA) is 52.6 Å². The predicted octanol–water partition coefficient (Wildman–Crippen LogP) is 9.58. The second-order valence-corrected chi connectivity index (χ2v) is 14.6. The summed E-state index contributed by atoms with van der Waals surface area (Å²) in [5.74, 6) is 2.52. The maximum atomic E-state index is 14.3. The molecular weight excluding hydrogens is 520 g/mol. The van der Waals surface area contributed by atoms with Crippen molar-refractivity contribution in [3.05, 3.63) is 59.2 Å². The Morgan fingerprint density at radius 2 is 1.55 bits per heavy atom. The van der Waals surface area contributed by atoms with E-state index in [1.807, 2.05) is 13.8 Å². The summed E-state index contributed by atoms with van der Waals surface area (Å²) in [5.41, 5.74) is 3.24. The number of benzene rings is 2. The van der Waals surface area contributed by atoms with E-state index in [0.29, 0.717) is 25.6 Å². The Bertz CT molecular complexity index is 1200. The summed E-state index contributed by atoms with van der Waals surface area (Å²) in [4.78, 5) is 27.2. The highest BCUT2D eigenvalue weighted by Gasteiger charge is 2.53. The largest absolute Gasteiger partial charge is 0.493 e. The fraction of sp³-hybridized carbons (Fsp3) is 0.632. The fourth-order valence-corrected chi connectivity index (χ4v) is 7.67. The first-order valence-electron chi connectivity index (χ1n) is 16.3. The van der Waals surface area contributed by atoms with Crippen LogP contribution < -0.4 is 9.47 Å². The van der Waals surface area contributed by atoms with E-state index in [9.17, 15) is 9.59 Å². The minimum absolute atomic E-state index is 0.0129. The van der Waals surface area contributed by atoms with Crippen LogP contribution >= 0.6 is 0 Å². The molecule has 4 heteroatoms. The highest BCUT2D eigenvalue weighted by atomic mass is 16.5. The Labute approximate surface area is 255 Å². The van der Waals surface area contributed by atoms with Crippen LogP contribution in [0.25, 0.3) is 0 Å². The number of ketones is 2. The van der Waals surface area contributed by atoms with Gasteiger partial charge in [0.1, 0.15) is 23.1 Å². The van der Waals surface area contributed by atoms with Crippen LogP contribution in [0.4, 0.5) is 0 Å². The van der Waals surface area contributed by atoms with Gasteiger partial charge in [0.15, 0.2) is 0 Å². The lowest BCUT2D eigenvalue weighted by atomic mass is 9.51. The van der Waals surface area contributed by atoms with Crippen molar-refractivity contribution in [2.45, 2.75) is 124 Å². The molecule has 2 aromatic carbocycles. The van der Waals surface area contributed by atoms with Crippen LogP contribution in [0.15, 0.2) is 42.5 Å². The molecule has 2 aliphatic carbocycles. The van der Waals surface area contributed by atoms with Gasteiger partial charge < -0.3 is 9.47 Å². The van der Waals surface area contributed by atoms with Crippen LogP contribution in [-0.2, 0) is 15.0 Å². The van der Waals surface area contributed by atoms with Crippen LogP contribution in [0, 0.1) is 16.7 Å². The molecule has 42 heavy (non-hydrogen) atoms. The second kappa shape index (κ2) is 12.9. The molecule has 4 nitrogen and oxygen atoms in total. The van der Waals surface area contributed by atoms with E-state index >= 15 is 0 Å². The number of hydrogen-bond donors (Lipinski definition) is 0. The molecule has 0 N–H and O–H groups in total. The maximum absolute atomic E-state index is 14.3. The third-order valence-electron chi connectivity index (χ3n) is 10.0. The summed E-state index contributed by atoms with van der Waals surface area (Å²) in [5, 5.41) is 0. The number of carbonyl (C=O) groups is 2. The summed E-state index contributed by atoms with van der Waals surface area (Å²) in [7, 11) is 0. The van der Waals surface area contributed by atoms with Gasteiger partial charge in [-0.3, -0.25) is 9.59 Å². The summed E-state index contributed by atoms with van der Waals surface area (Å²) < 4.78 is 12.4. The number of hydrogen-bond acceptors (Lipinski definition) is 4. The molecule has 230 valence electrons. The molecule has 0 radical (unpaired) electrons. The van der Waals surface area contributed by atoms with E-state index in [0.717, 1.165) is 62.0 Å². The number of carbonyl (C=O) groups excluding carboxylic acids is 2. The van der Waals surface area contributed by atoms with Gasteiger partial charge >= 0.3 is 0 Å². The Morgan fingerprint density at radius 3 is 2.02 bits per heavy atom. The minimum Gasteiger partial charge on any atom is -0.493 e. The van der Waals surface area contributed by atoms with Crippen LogP contribution in [-0.4, -0.2) is 24.8 Å². The van der Waals surface area contributed by atoms with Crippen LogP contribution in [0.3, 0.4) is 0 Å². The summed E-state index contributed by atoms with van der Waals surface area (Å²) in [6.45, 7) is 18.1. The van der Waals surface area contributed by atoms with Gasteiger partial charge in [-0.05, 0) is 105 Å². The van der Waals surface area contributed by atoms with Crippen molar-refractivity contribution in [2.75, 3.05) is 13.2 Å². The zero-order valence-corrected chi connectivity index (χ0v) is 27.5. The van der Waals surface area contributed by atoms with Gasteiger partial charge in [-0.1, -0.05) is 71.4 Å². The predicted molar refractivity (Wildman–Crippen MR) is 172 cm³/mol. The van der Waals surface area contributed by atoms with Crippen LogP contribution in [0.2, 0.25) is 0 Å². The van der Waals surface area contributed by atoms with Crippen LogP contribution in [0.5, 0.6) is 11.5 Å². The standard InChI is InChI=1S/C38H54O4/c1-9-41-33-21-29(22-34(42-10-2)35(33)28-18-19-28)26(3)31(17-14-20-37(7,8)30-15-12-11-13-16-30)32(40)23-38(27(4)39)24-36(5,6)25-38/h11-13,15-16,21-22,26,28,31H,9-10,14,17-20,23-25H2,1-8H3/t26-,31?/m1/s1. The summed E-state index contributed by atoms with van der Waals surface area (Å²) in [6.07, 6.45) is 7.00. The molecule has 2 fully saturated rings. The van der Waals surface area contributed by atoms with Crippen molar-refractivity contribution >= 4 is 11.6 Å². The summed E-state index contributed by atoms with van der Waals surface area (Å²) in [6, 6.07) is 15.0. The van der Waals surface area contributed by atoms with Crippen molar-refractivity contribution < 1.29 is 19.1 Å². The van der Waals surface area contributed by atoms with Gasteiger partial charge in [0.2, 0.25) is 0 Å². The van der Waals surface area contributed by atoms with Gasteiger partial charge in [-0.25, -0.2) is 0 Å². The lowest BCUT2D eigenvalue weighted by molar-refractivity contribution is -0.147. The average molecular weight is 575 g/mol. The molecule has 0 aliphatic heterocycles. The Hall–Kier alpha value is -2.62. The van der Waals surface area contributed by atoms with E-state index < -0.39 is 5.41 Å². The first kappa shape index (κ1) is 32.3. The Balaban J connectivity index is 1.63. The molecule has 0 bridgehead atoms. The highest BCUT2D eigenvalue weighted by molar-refractivity contribution is 5.92. The van der Waals surface area contributed by atoms with Crippen molar-refractivity contribution in [2.24, 2.45) is 16.7 Å². The molecule has 2 atom stereocenters. The van der Waals surface area contributed by atoms with Gasteiger partial charge in [0.25, 0.3) is 0 Å². The second-order valence-electron chi connectivity index (χ2n) is 14.6. The molecule has 0 amide bonds. The number of Topliss-reactive ketones (excluding diaryl/α,β-unsaturated/α-hetero) is 2. The Kier molecular flexibility index (Phi) is 9.95.